The number of hydrogen-bond acceptors (Lipinski definition) is 4. The molecular weight excluding hydrogens is 240 g/mol. The van der Waals surface area contributed by atoms with Crippen molar-refractivity contribution in [1.82, 2.24) is 10.6 Å². The molecule has 0 spiro atoms. The lowest BCUT2D eigenvalue weighted by atomic mass is 10.1. The predicted molar refractivity (Wildman–Crippen MR) is 70.2 cm³/mol. The van der Waals surface area contributed by atoms with E-state index in [0.717, 1.165) is 18.7 Å². The number of nitrogens with one attached hydrogen (secondary N) is 2. The molecule has 1 amide bonds. The summed E-state index contributed by atoms with van der Waals surface area (Å²) >= 11 is 3.52. The highest BCUT2D eigenvalue weighted by Crippen LogP contribution is 2.39. The Morgan fingerprint density at radius 2 is 2.44 bits per heavy atom. The van der Waals surface area contributed by atoms with Crippen LogP contribution < -0.4 is 10.6 Å². The fraction of sp³-hybridized carbons (Fsp3) is 0.545. The van der Waals surface area contributed by atoms with Crippen LogP contribution in [0.2, 0.25) is 0 Å². The summed E-state index contributed by atoms with van der Waals surface area (Å²) in [5, 5.41) is 8.08. The van der Waals surface area contributed by atoms with Gasteiger partial charge in [0.15, 0.2) is 0 Å². The van der Waals surface area contributed by atoms with Gasteiger partial charge in [-0.1, -0.05) is 0 Å². The number of thiophene rings is 1. The van der Waals surface area contributed by atoms with Gasteiger partial charge in [-0.05, 0) is 36.2 Å². The van der Waals surface area contributed by atoms with Gasteiger partial charge in [0.1, 0.15) is 5.25 Å². The smallest absolute Gasteiger partial charge is 0.237 e. The third-order valence-electron chi connectivity index (χ3n) is 2.59. The Labute approximate surface area is 104 Å². The molecule has 0 saturated carbocycles. The third-order valence-corrected chi connectivity index (χ3v) is 4.83. The van der Waals surface area contributed by atoms with E-state index in [1.165, 1.54) is 10.4 Å². The van der Waals surface area contributed by atoms with E-state index >= 15 is 0 Å². The zero-order valence-electron chi connectivity index (χ0n) is 9.29. The molecule has 1 aromatic rings. The maximum atomic E-state index is 12.0. The second-order valence-electron chi connectivity index (χ2n) is 3.69. The van der Waals surface area contributed by atoms with E-state index in [1.54, 1.807) is 23.1 Å². The monoisotopic (exact) mass is 256 g/mol. The summed E-state index contributed by atoms with van der Waals surface area (Å²) in [6.45, 7) is 1.52. The van der Waals surface area contributed by atoms with Crippen LogP contribution in [0.25, 0.3) is 0 Å². The van der Waals surface area contributed by atoms with E-state index in [-0.39, 0.29) is 11.2 Å². The molecule has 88 valence electrons. The van der Waals surface area contributed by atoms with E-state index in [2.05, 4.69) is 22.1 Å². The first kappa shape index (κ1) is 12.0. The number of carbonyl (C=O) groups is 1. The Hall–Kier alpha value is -0.520. The van der Waals surface area contributed by atoms with Crippen LogP contribution in [-0.2, 0) is 11.2 Å². The van der Waals surface area contributed by atoms with E-state index in [1.807, 2.05) is 7.05 Å². The van der Waals surface area contributed by atoms with Gasteiger partial charge in [-0.15, -0.1) is 23.1 Å². The van der Waals surface area contributed by atoms with Gasteiger partial charge >= 0.3 is 0 Å². The van der Waals surface area contributed by atoms with Gasteiger partial charge < -0.3 is 10.6 Å². The Balaban J connectivity index is 1.98. The van der Waals surface area contributed by atoms with Crippen molar-refractivity contribution in [2.75, 3.05) is 25.9 Å². The predicted octanol–water partition coefficient (Wildman–Crippen LogP) is 1.41. The van der Waals surface area contributed by atoms with Crippen molar-refractivity contribution >= 4 is 29.0 Å². The largest absolute Gasteiger partial charge is 0.354 e. The number of amides is 1. The highest BCUT2D eigenvalue weighted by atomic mass is 32.2. The molecule has 0 bridgehead atoms. The number of likely N-dealkylation sites (N-methyl/N-ethyl adjacent to an activating group) is 1. The van der Waals surface area contributed by atoms with Gasteiger partial charge in [-0.25, -0.2) is 0 Å². The summed E-state index contributed by atoms with van der Waals surface area (Å²) in [6.07, 6.45) is 1.11. The molecule has 1 unspecified atom stereocenters. The van der Waals surface area contributed by atoms with Crippen LogP contribution >= 0.6 is 23.1 Å². The molecule has 0 aromatic carbocycles. The second kappa shape index (κ2) is 5.70. The van der Waals surface area contributed by atoms with Crippen molar-refractivity contribution in [3.05, 3.63) is 21.9 Å². The van der Waals surface area contributed by atoms with Crippen LogP contribution in [0.15, 0.2) is 11.4 Å². The molecule has 2 rings (SSSR count). The number of fused-ring (bicyclic) bond motifs is 1. The molecular formula is C11H16N2OS2. The van der Waals surface area contributed by atoms with E-state index in [9.17, 15) is 4.79 Å². The number of hydrogen-bond donors (Lipinski definition) is 2. The average Bonchev–Trinajstić information content (AvgIpc) is 2.76. The minimum atomic E-state index is 0.00635. The lowest BCUT2D eigenvalue weighted by Gasteiger charge is -2.21. The summed E-state index contributed by atoms with van der Waals surface area (Å²) in [5.74, 6) is 1.21. The Bertz CT molecular complexity index is 365. The molecule has 1 atom stereocenters. The minimum absolute atomic E-state index is 0.00635. The molecule has 1 aromatic heterocycles. The molecule has 0 saturated heterocycles. The summed E-state index contributed by atoms with van der Waals surface area (Å²) in [6, 6.07) is 2.09. The van der Waals surface area contributed by atoms with Gasteiger partial charge in [0, 0.05) is 18.0 Å². The van der Waals surface area contributed by atoms with E-state index in [0.29, 0.717) is 6.54 Å². The molecule has 0 radical (unpaired) electrons. The van der Waals surface area contributed by atoms with Gasteiger partial charge in [0.05, 0.1) is 0 Å². The molecule has 5 heteroatoms. The zero-order chi connectivity index (χ0) is 11.4. The quantitative estimate of drug-likeness (QED) is 0.801. The van der Waals surface area contributed by atoms with Crippen molar-refractivity contribution in [2.24, 2.45) is 0 Å². The van der Waals surface area contributed by atoms with Crippen molar-refractivity contribution in [3.8, 4) is 0 Å². The van der Waals surface area contributed by atoms with Crippen LogP contribution in [-0.4, -0.2) is 31.8 Å². The van der Waals surface area contributed by atoms with Crippen LogP contribution in [0.1, 0.15) is 15.7 Å². The summed E-state index contributed by atoms with van der Waals surface area (Å²) < 4.78 is 0. The van der Waals surface area contributed by atoms with Gasteiger partial charge in [-0.2, -0.15) is 0 Å². The van der Waals surface area contributed by atoms with Crippen molar-refractivity contribution in [1.29, 1.82) is 0 Å². The maximum absolute atomic E-state index is 12.0. The fourth-order valence-electron chi connectivity index (χ4n) is 1.77. The van der Waals surface area contributed by atoms with E-state index in [4.69, 9.17) is 0 Å². The molecule has 2 heterocycles. The maximum Gasteiger partial charge on any atom is 0.237 e. The van der Waals surface area contributed by atoms with Gasteiger partial charge in [0.2, 0.25) is 5.91 Å². The van der Waals surface area contributed by atoms with Crippen molar-refractivity contribution in [3.63, 3.8) is 0 Å². The number of aryl methyl sites for hydroxylation is 1. The first-order valence-corrected chi connectivity index (χ1v) is 7.36. The molecule has 0 aliphatic carbocycles. The first-order chi connectivity index (χ1) is 7.83. The number of rotatable bonds is 4. The Morgan fingerprint density at radius 1 is 1.56 bits per heavy atom. The summed E-state index contributed by atoms with van der Waals surface area (Å²) in [5.41, 5.74) is 1.23. The van der Waals surface area contributed by atoms with Gasteiger partial charge in [-0.3, -0.25) is 4.79 Å². The third kappa shape index (κ3) is 2.59. The highest BCUT2D eigenvalue weighted by Gasteiger charge is 2.27. The molecule has 1 aliphatic heterocycles. The lowest BCUT2D eigenvalue weighted by molar-refractivity contribution is -0.120. The molecule has 0 fully saturated rings. The van der Waals surface area contributed by atoms with E-state index < -0.39 is 0 Å². The van der Waals surface area contributed by atoms with Crippen molar-refractivity contribution < 1.29 is 4.79 Å². The topological polar surface area (TPSA) is 41.1 Å². The van der Waals surface area contributed by atoms with Crippen LogP contribution in [0, 0.1) is 0 Å². The minimum Gasteiger partial charge on any atom is -0.354 e. The molecule has 16 heavy (non-hydrogen) atoms. The van der Waals surface area contributed by atoms with Crippen molar-refractivity contribution in [2.45, 2.75) is 11.7 Å². The number of thioether (sulfide) groups is 1. The molecule has 3 nitrogen and oxygen atoms in total. The second-order valence-corrected chi connectivity index (χ2v) is 5.91. The SMILES string of the molecule is CNCCNC(=O)C1SCCc2sccc21. The fourth-order valence-corrected chi connectivity index (χ4v) is 4.08. The van der Waals surface area contributed by atoms with Crippen LogP contribution in [0.4, 0.5) is 0 Å². The average molecular weight is 256 g/mol. The standard InChI is InChI=1S/C11H16N2OS2/c1-12-4-5-13-11(14)10-8-2-6-15-9(8)3-7-16-10/h2,6,10,12H,3-5,7H2,1H3,(H,13,14). The molecule has 2 N–H and O–H groups in total. The summed E-state index contributed by atoms with van der Waals surface area (Å²) in [7, 11) is 1.89. The van der Waals surface area contributed by atoms with Gasteiger partial charge in [0.25, 0.3) is 0 Å². The molecule has 1 aliphatic rings. The van der Waals surface area contributed by atoms with Crippen LogP contribution in [0.3, 0.4) is 0 Å². The lowest BCUT2D eigenvalue weighted by Crippen LogP contribution is -2.34. The zero-order valence-corrected chi connectivity index (χ0v) is 10.9. The van der Waals surface area contributed by atoms with Crippen LogP contribution in [0.5, 0.6) is 0 Å². The Kier molecular flexibility index (Phi) is 4.26. The first-order valence-electron chi connectivity index (χ1n) is 5.43. The number of carbonyl (C=O) groups excluding carboxylic acids is 1. The highest BCUT2D eigenvalue weighted by molar-refractivity contribution is 8.00. The summed E-state index contributed by atoms with van der Waals surface area (Å²) in [4.78, 5) is 13.4. The Morgan fingerprint density at radius 3 is 3.25 bits per heavy atom. The normalized spacial score (nSPS) is 19.2.